The van der Waals surface area contributed by atoms with Crippen LogP contribution in [-0.2, 0) is 17.8 Å². The van der Waals surface area contributed by atoms with E-state index in [1.807, 2.05) is 47.8 Å². The summed E-state index contributed by atoms with van der Waals surface area (Å²) in [5.41, 5.74) is 2.54. The number of hydrogen-bond acceptors (Lipinski definition) is 4. The number of carbonyl (C=O) groups is 1. The standard InChI is InChI=1S/C23H19Cl2NO3S/c1-2-4-16(11-23(27)28)15-7-9-18(10-8-15)29-13-17-14-30-22(26-17)12-19-20(24)5-3-6-21(19)25/h3,5-10,14,16H,11-13H2,1H3,(H,27,28). The molecule has 0 radical (unpaired) electrons. The van der Waals surface area contributed by atoms with Crippen molar-refractivity contribution < 1.29 is 14.6 Å². The molecular weight excluding hydrogens is 441 g/mol. The molecule has 1 heterocycles. The van der Waals surface area contributed by atoms with Gasteiger partial charge in [-0.15, -0.1) is 17.3 Å². The first kappa shape index (κ1) is 22.2. The molecule has 1 aromatic heterocycles. The number of aliphatic carboxylic acids is 1. The highest BCUT2D eigenvalue weighted by Gasteiger charge is 2.13. The summed E-state index contributed by atoms with van der Waals surface area (Å²) >= 11 is 14.0. The number of benzene rings is 2. The molecule has 7 heteroatoms. The topological polar surface area (TPSA) is 59.4 Å². The van der Waals surface area contributed by atoms with E-state index in [-0.39, 0.29) is 12.3 Å². The molecule has 3 aromatic rings. The van der Waals surface area contributed by atoms with Crippen molar-refractivity contribution in [2.24, 2.45) is 0 Å². The van der Waals surface area contributed by atoms with E-state index in [4.69, 9.17) is 33.0 Å². The normalized spacial score (nSPS) is 11.4. The van der Waals surface area contributed by atoms with Gasteiger partial charge in [-0.2, -0.15) is 0 Å². The van der Waals surface area contributed by atoms with E-state index in [1.54, 1.807) is 6.92 Å². The van der Waals surface area contributed by atoms with Crippen LogP contribution in [0.25, 0.3) is 0 Å². The van der Waals surface area contributed by atoms with Crippen LogP contribution in [0.4, 0.5) is 0 Å². The average molecular weight is 460 g/mol. The first-order valence-electron chi connectivity index (χ1n) is 9.19. The van der Waals surface area contributed by atoms with Crippen LogP contribution in [0.2, 0.25) is 10.0 Å². The lowest BCUT2D eigenvalue weighted by atomic mass is 9.96. The predicted octanol–water partition coefficient (Wildman–Crippen LogP) is 6.20. The van der Waals surface area contributed by atoms with Gasteiger partial charge < -0.3 is 9.84 Å². The molecule has 154 valence electrons. The predicted molar refractivity (Wildman–Crippen MR) is 121 cm³/mol. The summed E-state index contributed by atoms with van der Waals surface area (Å²) in [7, 11) is 0. The van der Waals surface area contributed by atoms with Crippen LogP contribution in [0.15, 0.2) is 47.8 Å². The number of thiazole rings is 1. The number of carboxylic acid groups (broad SMARTS) is 1. The molecule has 0 bridgehead atoms. The molecule has 1 unspecified atom stereocenters. The number of hydrogen-bond donors (Lipinski definition) is 1. The molecule has 0 aliphatic rings. The molecule has 2 aromatic carbocycles. The van der Waals surface area contributed by atoms with Crippen molar-refractivity contribution in [3.63, 3.8) is 0 Å². The fourth-order valence-electron chi connectivity index (χ4n) is 2.90. The summed E-state index contributed by atoms with van der Waals surface area (Å²) in [5, 5.41) is 13.2. The van der Waals surface area contributed by atoms with Gasteiger partial charge in [0, 0.05) is 21.8 Å². The summed E-state index contributed by atoms with van der Waals surface area (Å²) in [5.74, 6) is 5.20. The SMILES string of the molecule is CC#CC(CC(=O)O)c1ccc(OCc2csc(Cc3c(Cl)cccc3Cl)n2)cc1. The van der Waals surface area contributed by atoms with E-state index < -0.39 is 5.97 Å². The Kier molecular flexibility index (Phi) is 7.75. The Hall–Kier alpha value is -2.52. The van der Waals surface area contributed by atoms with Crippen LogP contribution in [0.3, 0.4) is 0 Å². The van der Waals surface area contributed by atoms with Crippen molar-refractivity contribution in [3.8, 4) is 17.6 Å². The highest BCUT2D eigenvalue weighted by Crippen LogP contribution is 2.28. The number of rotatable bonds is 8. The second kappa shape index (κ2) is 10.5. The number of carboxylic acids is 1. The van der Waals surface area contributed by atoms with Crippen LogP contribution < -0.4 is 4.74 Å². The molecule has 0 saturated carbocycles. The summed E-state index contributed by atoms with van der Waals surface area (Å²) in [6.45, 7) is 2.04. The van der Waals surface area contributed by atoms with Crippen molar-refractivity contribution >= 4 is 40.5 Å². The van der Waals surface area contributed by atoms with Crippen LogP contribution in [0.1, 0.15) is 41.1 Å². The number of nitrogens with zero attached hydrogens (tertiary/aromatic N) is 1. The van der Waals surface area contributed by atoms with Gasteiger partial charge >= 0.3 is 5.97 Å². The second-order valence-electron chi connectivity index (χ2n) is 6.51. The van der Waals surface area contributed by atoms with E-state index in [2.05, 4.69) is 16.8 Å². The van der Waals surface area contributed by atoms with Crippen molar-refractivity contribution in [1.82, 2.24) is 4.98 Å². The Balaban J connectivity index is 1.61. The molecule has 0 aliphatic heterocycles. The van der Waals surface area contributed by atoms with Crippen LogP contribution in [0, 0.1) is 11.8 Å². The van der Waals surface area contributed by atoms with Crippen LogP contribution in [-0.4, -0.2) is 16.1 Å². The molecule has 30 heavy (non-hydrogen) atoms. The fourth-order valence-corrected chi connectivity index (χ4v) is 4.23. The number of aromatic nitrogens is 1. The Bertz CT molecular complexity index is 1060. The maximum atomic E-state index is 11.0. The lowest BCUT2D eigenvalue weighted by Gasteiger charge is -2.10. The van der Waals surface area contributed by atoms with E-state index in [1.165, 1.54) is 11.3 Å². The molecule has 4 nitrogen and oxygen atoms in total. The Labute approximate surface area is 189 Å². The van der Waals surface area contributed by atoms with Crippen molar-refractivity contribution in [2.45, 2.75) is 32.3 Å². The van der Waals surface area contributed by atoms with Crippen molar-refractivity contribution in [1.29, 1.82) is 0 Å². The van der Waals surface area contributed by atoms with Gasteiger partial charge in [0.15, 0.2) is 0 Å². The minimum Gasteiger partial charge on any atom is -0.487 e. The van der Waals surface area contributed by atoms with Gasteiger partial charge in [-0.3, -0.25) is 4.79 Å². The van der Waals surface area contributed by atoms with E-state index in [9.17, 15) is 4.79 Å². The average Bonchev–Trinajstić information content (AvgIpc) is 3.17. The number of ether oxygens (including phenoxy) is 1. The summed E-state index contributed by atoms with van der Waals surface area (Å²) in [6.07, 6.45) is 0.541. The van der Waals surface area contributed by atoms with Gasteiger partial charge in [0.2, 0.25) is 0 Å². The van der Waals surface area contributed by atoms with Crippen molar-refractivity contribution in [2.75, 3.05) is 0 Å². The third-order valence-electron chi connectivity index (χ3n) is 4.36. The lowest BCUT2D eigenvalue weighted by molar-refractivity contribution is -0.137. The molecule has 0 aliphatic carbocycles. The van der Waals surface area contributed by atoms with Crippen molar-refractivity contribution in [3.05, 3.63) is 79.7 Å². The molecule has 1 N–H and O–H groups in total. The summed E-state index contributed by atoms with van der Waals surface area (Å²) in [6, 6.07) is 12.8. The van der Waals surface area contributed by atoms with Gasteiger partial charge in [0.25, 0.3) is 0 Å². The first-order chi connectivity index (χ1) is 14.5. The highest BCUT2D eigenvalue weighted by atomic mass is 35.5. The minimum absolute atomic E-state index is 0.0297. The third kappa shape index (κ3) is 5.99. The van der Waals surface area contributed by atoms with Crippen LogP contribution in [0.5, 0.6) is 5.75 Å². The molecule has 0 fully saturated rings. The zero-order valence-electron chi connectivity index (χ0n) is 16.2. The largest absolute Gasteiger partial charge is 0.487 e. The lowest BCUT2D eigenvalue weighted by Crippen LogP contribution is -2.04. The van der Waals surface area contributed by atoms with Gasteiger partial charge in [0.05, 0.1) is 23.0 Å². The van der Waals surface area contributed by atoms with Crippen LogP contribution >= 0.6 is 34.5 Å². The molecule has 3 rings (SSSR count). The van der Waals surface area contributed by atoms with E-state index in [0.29, 0.717) is 28.8 Å². The first-order valence-corrected chi connectivity index (χ1v) is 10.8. The van der Waals surface area contributed by atoms with E-state index in [0.717, 1.165) is 21.8 Å². The van der Waals surface area contributed by atoms with E-state index >= 15 is 0 Å². The fraction of sp³-hybridized carbons (Fsp3) is 0.217. The zero-order chi connectivity index (χ0) is 21.5. The quantitative estimate of drug-likeness (QED) is 0.407. The number of halogens is 2. The minimum atomic E-state index is -0.875. The Morgan fingerprint density at radius 1 is 1.20 bits per heavy atom. The highest BCUT2D eigenvalue weighted by molar-refractivity contribution is 7.09. The molecule has 0 spiro atoms. The third-order valence-corrected chi connectivity index (χ3v) is 5.96. The molecule has 0 saturated heterocycles. The second-order valence-corrected chi connectivity index (χ2v) is 8.27. The van der Waals surface area contributed by atoms with Gasteiger partial charge in [-0.1, -0.05) is 47.3 Å². The molecule has 1 atom stereocenters. The molecular formula is C23H19Cl2NO3S. The van der Waals surface area contributed by atoms with Gasteiger partial charge in [-0.05, 0) is 42.3 Å². The molecule has 0 amide bonds. The Morgan fingerprint density at radius 3 is 2.53 bits per heavy atom. The summed E-state index contributed by atoms with van der Waals surface area (Å²) < 4.78 is 5.82. The smallest absolute Gasteiger partial charge is 0.304 e. The maximum absolute atomic E-state index is 11.0. The van der Waals surface area contributed by atoms with Gasteiger partial charge in [-0.25, -0.2) is 4.98 Å². The Morgan fingerprint density at radius 2 is 1.90 bits per heavy atom. The monoisotopic (exact) mass is 459 g/mol. The zero-order valence-corrected chi connectivity index (χ0v) is 18.5. The van der Waals surface area contributed by atoms with Gasteiger partial charge in [0.1, 0.15) is 12.4 Å². The summed E-state index contributed by atoms with van der Waals surface area (Å²) in [4.78, 5) is 15.6. The maximum Gasteiger partial charge on any atom is 0.304 e.